The summed E-state index contributed by atoms with van der Waals surface area (Å²) in [6.45, 7) is 6.56. The van der Waals surface area contributed by atoms with Crippen LogP contribution in [0.1, 0.15) is 49.5 Å². The summed E-state index contributed by atoms with van der Waals surface area (Å²) < 4.78 is 0. The molecule has 20 heavy (non-hydrogen) atoms. The summed E-state index contributed by atoms with van der Waals surface area (Å²) in [4.78, 5) is 30.9. The van der Waals surface area contributed by atoms with Gasteiger partial charge in [0.15, 0.2) is 0 Å². The van der Waals surface area contributed by atoms with Crippen molar-refractivity contribution in [2.75, 3.05) is 6.54 Å². The molecule has 0 aromatic carbocycles. The third-order valence-corrected chi connectivity index (χ3v) is 4.76. The average molecular weight is 295 g/mol. The summed E-state index contributed by atoms with van der Waals surface area (Å²) in [5, 5.41) is 4.21. The molecule has 0 spiro atoms. The van der Waals surface area contributed by atoms with Crippen molar-refractivity contribution >= 4 is 23.2 Å². The molecule has 2 unspecified atom stereocenters. The first-order chi connectivity index (χ1) is 9.56. The van der Waals surface area contributed by atoms with Crippen molar-refractivity contribution in [1.29, 1.82) is 0 Å². The van der Waals surface area contributed by atoms with E-state index in [9.17, 15) is 9.59 Å². The van der Waals surface area contributed by atoms with Gasteiger partial charge in [0.05, 0.1) is 18.5 Å². The number of thiazole rings is 1. The van der Waals surface area contributed by atoms with Gasteiger partial charge in [0.1, 0.15) is 5.01 Å². The molecule has 0 radical (unpaired) electrons. The van der Waals surface area contributed by atoms with Gasteiger partial charge in [0, 0.05) is 17.6 Å². The Kier molecular flexibility index (Phi) is 4.88. The van der Waals surface area contributed by atoms with Crippen LogP contribution in [0.5, 0.6) is 0 Å². The molecule has 1 aliphatic rings. The molecule has 5 nitrogen and oxygen atoms in total. The van der Waals surface area contributed by atoms with Gasteiger partial charge in [0.25, 0.3) is 0 Å². The van der Waals surface area contributed by atoms with Gasteiger partial charge in [-0.25, -0.2) is 4.98 Å². The highest BCUT2D eigenvalue weighted by Gasteiger charge is 2.38. The van der Waals surface area contributed by atoms with Crippen LogP contribution in [0.2, 0.25) is 0 Å². The summed E-state index contributed by atoms with van der Waals surface area (Å²) in [5.41, 5.74) is 0. The number of aryl methyl sites for hydroxylation is 1. The van der Waals surface area contributed by atoms with Gasteiger partial charge in [-0.05, 0) is 19.8 Å². The first kappa shape index (κ1) is 15.1. The standard InChI is InChI=1S/C14H21N3O2S/c1-4-6-17-12(18)7-11(14(17)19)16-9(3)13-15-8-10(5-2)20-13/h8-9,11,16H,4-7H2,1-3H3. The zero-order valence-electron chi connectivity index (χ0n) is 12.2. The van der Waals surface area contributed by atoms with Crippen molar-refractivity contribution in [3.63, 3.8) is 0 Å². The minimum absolute atomic E-state index is 0.0105. The second kappa shape index (κ2) is 6.45. The molecule has 0 bridgehead atoms. The van der Waals surface area contributed by atoms with E-state index in [2.05, 4.69) is 17.2 Å². The van der Waals surface area contributed by atoms with Crippen LogP contribution in [0.15, 0.2) is 6.20 Å². The first-order valence-corrected chi connectivity index (χ1v) is 7.93. The van der Waals surface area contributed by atoms with E-state index in [1.807, 2.05) is 20.0 Å². The highest BCUT2D eigenvalue weighted by molar-refractivity contribution is 7.11. The Labute approximate surface area is 123 Å². The predicted octanol–water partition coefficient (Wildman–Crippen LogP) is 1.89. The van der Waals surface area contributed by atoms with Gasteiger partial charge in [-0.2, -0.15) is 0 Å². The van der Waals surface area contributed by atoms with Crippen LogP contribution in [-0.4, -0.2) is 34.3 Å². The van der Waals surface area contributed by atoms with Crippen molar-refractivity contribution < 1.29 is 9.59 Å². The summed E-state index contributed by atoms with van der Waals surface area (Å²) in [7, 11) is 0. The van der Waals surface area contributed by atoms with Gasteiger partial charge >= 0.3 is 0 Å². The average Bonchev–Trinajstić information content (AvgIpc) is 3.00. The summed E-state index contributed by atoms with van der Waals surface area (Å²) >= 11 is 1.65. The lowest BCUT2D eigenvalue weighted by atomic mass is 10.2. The smallest absolute Gasteiger partial charge is 0.246 e. The van der Waals surface area contributed by atoms with Crippen molar-refractivity contribution in [2.24, 2.45) is 0 Å². The van der Waals surface area contributed by atoms with E-state index in [1.165, 1.54) is 9.78 Å². The van der Waals surface area contributed by atoms with E-state index >= 15 is 0 Å². The molecule has 6 heteroatoms. The molecule has 2 rings (SSSR count). The molecule has 2 amide bonds. The SMILES string of the molecule is CCCN1C(=O)CC(NC(C)c2ncc(CC)s2)C1=O. The Balaban J connectivity index is 1.99. The van der Waals surface area contributed by atoms with Crippen LogP contribution in [0, 0.1) is 0 Å². The number of likely N-dealkylation sites (tertiary alicyclic amines) is 1. The topological polar surface area (TPSA) is 62.3 Å². The highest BCUT2D eigenvalue weighted by Crippen LogP contribution is 2.23. The van der Waals surface area contributed by atoms with Gasteiger partial charge in [0.2, 0.25) is 11.8 Å². The number of rotatable bonds is 6. The quantitative estimate of drug-likeness (QED) is 0.814. The number of hydrogen-bond donors (Lipinski definition) is 1. The number of carbonyl (C=O) groups is 2. The van der Waals surface area contributed by atoms with E-state index in [0.717, 1.165) is 17.8 Å². The third kappa shape index (κ3) is 3.07. The second-order valence-corrected chi connectivity index (χ2v) is 6.19. The largest absolute Gasteiger partial charge is 0.297 e. The van der Waals surface area contributed by atoms with Crippen LogP contribution < -0.4 is 5.32 Å². The monoisotopic (exact) mass is 295 g/mol. The van der Waals surface area contributed by atoms with Gasteiger partial charge < -0.3 is 0 Å². The Morgan fingerprint density at radius 3 is 2.85 bits per heavy atom. The number of aromatic nitrogens is 1. The number of imide groups is 1. The maximum atomic E-state index is 12.2. The maximum absolute atomic E-state index is 12.2. The van der Waals surface area contributed by atoms with Crippen molar-refractivity contribution in [1.82, 2.24) is 15.2 Å². The number of carbonyl (C=O) groups excluding carboxylic acids is 2. The lowest BCUT2D eigenvalue weighted by Gasteiger charge is -2.17. The van der Waals surface area contributed by atoms with E-state index in [0.29, 0.717) is 6.54 Å². The molecular weight excluding hydrogens is 274 g/mol. The van der Waals surface area contributed by atoms with Crippen LogP contribution in [0.3, 0.4) is 0 Å². The first-order valence-electron chi connectivity index (χ1n) is 7.11. The van der Waals surface area contributed by atoms with E-state index in [-0.39, 0.29) is 24.3 Å². The Morgan fingerprint density at radius 2 is 2.25 bits per heavy atom. The van der Waals surface area contributed by atoms with Crippen LogP contribution in [0.25, 0.3) is 0 Å². The van der Waals surface area contributed by atoms with Crippen molar-refractivity contribution in [2.45, 2.75) is 52.1 Å². The van der Waals surface area contributed by atoms with E-state index in [1.54, 1.807) is 11.3 Å². The fraction of sp³-hybridized carbons (Fsp3) is 0.643. The number of nitrogens with zero attached hydrogens (tertiary/aromatic N) is 2. The number of amides is 2. The number of nitrogens with one attached hydrogen (secondary N) is 1. The third-order valence-electron chi connectivity index (χ3n) is 3.43. The summed E-state index contributed by atoms with van der Waals surface area (Å²) in [5.74, 6) is -0.175. The van der Waals surface area contributed by atoms with Crippen LogP contribution >= 0.6 is 11.3 Å². The van der Waals surface area contributed by atoms with Gasteiger partial charge in [-0.15, -0.1) is 11.3 Å². The summed E-state index contributed by atoms with van der Waals surface area (Å²) in [6.07, 6.45) is 3.90. The highest BCUT2D eigenvalue weighted by atomic mass is 32.1. The van der Waals surface area contributed by atoms with Crippen LogP contribution in [0.4, 0.5) is 0 Å². The molecule has 1 fully saturated rings. The van der Waals surface area contributed by atoms with E-state index in [4.69, 9.17) is 0 Å². The molecule has 2 heterocycles. The van der Waals surface area contributed by atoms with Crippen molar-refractivity contribution in [3.05, 3.63) is 16.1 Å². The summed E-state index contributed by atoms with van der Waals surface area (Å²) in [6, 6.07) is -0.415. The molecular formula is C14H21N3O2S. The second-order valence-electron chi connectivity index (χ2n) is 5.05. The maximum Gasteiger partial charge on any atom is 0.246 e. The normalized spacial score (nSPS) is 20.8. The number of hydrogen-bond acceptors (Lipinski definition) is 5. The predicted molar refractivity (Wildman–Crippen MR) is 78.5 cm³/mol. The molecule has 0 saturated carbocycles. The lowest BCUT2D eigenvalue weighted by molar-refractivity contribution is -0.138. The molecule has 1 saturated heterocycles. The van der Waals surface area contributed by atoms with Gasteiger partial charge in [-0.1, -0.05) is 13.8 Å². The fourth-order valence-electron chi connectivity index (χ4n) is 2.33. The van der Waals surface area contributed by atoms with E-state index < -0.39 is 6.04 Å². The molecule has 0 aliphatic carbocycles. The Morgan fingerprint density at radius 1 is 1.50 bits per heavy atom. The Bertz CT molecular complexity index is 500. The van der Waals surface area contributed by atoms with Gasteiger partial charge in [-0.3, -0.25) is 19.8 Å². The van der Waals surface area contributed by atoms with Crippen molar-refractivity contribution in [3.8, 4) is 0 Å². The molecule has 1 N–H and O–H groups in total. The Hall–Kier alpha value is -1.27. The minimum Gasteiger partial charge on any atom is -0.297 e. The lowest BCUT2D eigenvalue weighted by Crippen LogP contribution is -2.40. The molecule has 110 valence electrons. The zero-order chi connectivity index (χ0) is 14.7. The molecule has 1 aromatic rings. The zero-order valence-corrected chi connectivity index (χ0v) is 13.0. The van der Waals surface area contributed by atoms with Crippen LogP contribution in [-0.2, 0) is 16.0 Å². The molecule has 1 aromatic heterocycles. The molecule has 2 atom stereocenters. The molecule has 1 aliphatic heterocycles. The fourth-order valence-corrected chi connectivity index (χ4v) is 3.20. The minimum atomic E-state index is -0.405.